The highest BCUT2D eigenvalue weighted by Gasteiger charge is 2.22. The summed E-state index contributed by atoms with van der Waals surface area (Å²) in [4.78, 5) is 9.65. The molecule has 0 radical (unpaired) electrons. The minimum absolute atomic E-state index is 0.186. The summed E-state index contributed by atoms with van der Waals surface area (Å²) >= 11 is 0. The van der Waals surface area contributed by atoms with Crippen molar-refractivity contribution in [1.29, 1.82) is 0 Å². The van der Waals surface area contributed by atoms with Gasteiger partial charge in [-0.2, -0.15) is 0 Å². The van der Waals surface area contributed by atoms with Crippen LogP contribution in [0, 0.1) is 0 Å². The molecule has 0 aliphatic heterocycles. The fraction of sp³-hybridized carbons (Fsp3) is 1.00. The SMILES string of the molecule is CCCCCCCCC(CC)NCCOP(=O)(O)OCC[N+](C)(C)C. The molecule has 0 spiro atoms. The van der Waals surface area contributed by atoms with E-state index in [4.69, 9.17) is 9.05 Å². The van der Waals surface area contributed by atoms with E-state index in [1.54, 1.807) is 0 Å². The number of hydrogen-bond donors (Lipinski definition) is 2. The Balaban J connectivity index is 3.75. The Bertz CT molecular complexity index is 361. The van der Waals surface area contributed by atoms with Crippen molar-refractivity contribution >= 4 is 7.82 Å². The normalized spacial score (nSPS) is 15.9. The van der Waals surface area contributed by atoms with Crippen LogP contribution in [0.3, 0.4) is 0 Å². The van der Waals surface area contributed by atoms with Crippen LogP contribution in [-0.4, -0.2) is 62.9 Å². The summed E-state index contributed by atoms with van der Waals surface area (Å²) in [5.41, 5.74) is 0. The molecule has 0 aliphatic rings. The Morgan fingerprint density at radius 3 is 2.20 bits per heavy atom. The van der Waals surface area contributed by atoms with Gasteiger partial charge in [0, 0.05) is 12.6 Å². The van der Waals surface area contributed by atoms with Crippen molar-refractivity contribution in [3.8, 4) is 0 Å². The third-order valence-corrected chi connectivity index (χ3v) is 5.22. The number of nitrogens with one attached hydrogen (secondary N) is 1. The highest BCUT2D eigenvalue weighted by molar-refractivity contribution is 7.47. The number of quaternary nitrogens is 1. The summed E-state index contributed by atoms with van der Waals surface area (Å²) in [6, 6.07) is 0.451. The second kappa shape index (κ2) is 14.1. The molecule has 0 aliphatic carbocycles. The van der Waals surface area contributed by atoms with Gasteiger partial charge in [0.05, 0.1) is 27.7 Å². The van der Waals surface area contributed by atoms with E-state index < -0.39 is 7.82 Å². The molecular weight excluding hydrogens is 339 g/mol. The van der Waals surface area contributed by atoms with Crippen molar-refractivity contribution in [1.82, 2.24) is 5.32 Å². The van der Waals surface area contributed by atoms with Crippen LogP contribution >= 0.6 is 7.82 Å². The van der Waals surface area contributed by atoms with E-state index in [1.807, 2.05) is 21.1 Å². The summed E-state index contributed by atoms with van der Waals surface area (Å²) in [5.74, 6) is 0. The maximum atomic E-state index is 11.8. The Kier molecular flexibility index (Phi) is 14.1. The second-order valence-electron chi connectivity index (χ2n) is 7.76. The molecule has 2 unspecified atom stereocenters. The van der Waals surface area contributed by atoms with E-state index in [0.717, 1.165) is 12.8 Å². The number of phosphoric acid groups is 1. The molecule has 0 aromatic heterocycles. The zero-order valence-corrected chi connectivity index (χ0v) is 18.0. The highest BCUT2D eigenvalue weighted by atomic mass is 31.2. The van der Waals surface area contributed by atoms with E-state index >= 15 is 0 Å². The zero-order valence-electron chi connectivity index (χ0n) is 17.1. The van der Waals surface area contributed by atoms with Crippen LogP contribution in [0.15, 0.2) is 0 Å². The van der Waals surface area contributed by atoms with Gasteiger partial charge in [-0.3, -0.25) is 9.05 Å². The molecule has 0 aromatic rings. The maximum Gasteiger partial charge on any atom is 0.472 e. The van der Waals surface area contributed by atoms with Gasteiger partial charge in [-0.1, -0.05) is 52.4 Å². The average molecular weight is 382 g/mol. The largest absolute Gasteiger partial charge is 0.472 e. The first-order chi connectivity index (χ1) is 11.7. The highest BCUT2D eigenvalue weighted by Crippen LogP contribution is 2.42. The lowest BCUT2D eigenvalue weighted by molar-refractivity contribution is -0.870. The van der Waals surface area contributed by atoms with Crippen molar-refractivity contribution in [2.45, 2.75) is 71.3 Å². The van der Waals surface area contributed by atoms with Crippen LogP contribution in [0.2, 0.25) is 0 Å². The van der Waals surface area contributed by atoms with Crippen molar-refractivity contribution in [2.75, 3.05) is 47.4 Å². The topological polar surface area (TPSA) is 67.8 Å². The summed E-state index contributed by atoms with van der Waals surface area (Å²) in [5, 5.41) is 3.41. The van der Waals surface area contributed by atoms with Crippen LogP contribution in [0.1, 0.15) is 65.2 Å². The molecule has 0 bridgehead atoms. The lowest BCUT2D eigenvalue weighted by atomic mass is 10.0. The number of hydrogen-bond acceptors (Lipinski definition) is 4. The van der Waals surface area contributed by atoms with E-state index in [-0.39, 0.29) is 13.2 Å². The van der Waals surface area contributed by atoms with Gasteiger partial charge in [0.1, 0.15) is 13.2 Å². The van der Waals surface area contributed by atoms with Gasteiger partial charge in [-0.15, -0.1) is 0 Å². The molecule has 0 saturated carbocycles. The maximum absolute atomic E-state index is 11.8. The van der Waals surface area contributed by atoms with Crippen molar-refractivity contribution < 1.29 is 23.0 Å². The Labute approximate surface area is 155 Å². The first-order valence-corrected chi connectivity index (χ1v) is 11.4. The van der Waals surface area contributed by atoms with Crippen LogP contribution in [0.5, 0.6) is 0 Å². The van der Waals surface area contributed by atoms with Crippen molar-refractivity contribution in [2.24, 2.45) is 0 Å². The summed E-state index contributed by atoms with van der Waals surface area (Å²) < 4.78 is 22.5. The second-order valence-corrected chi connectivity index (χ2v) is 9.22. The zero-order chi connectivity index (χ0) is 19.2. The molecule has 2 atom stereocenters. The molecule has 7 heteroatoms. The lowest BCUT2D eigenvalue weighted by Crippen LogP contribution is -2.37. The standard InChI is InChI=1S/C18H41N2O4P/c1-6-8-9-10-11-12-13-18(7-2)19-14-16-23-25(21,22)24-17-15-20(3,4)5/h18-19H,6-17H2,1-5H3/p+1. The molecule has 2 N–H and O–H groups in total. The molecule has 0 saturated heterocycles. The number of nitrogens with zero attached hydrogens (tertiary/aromatic N) is 1. The van der Waals surface area contributed by atoms with Gasteiger partial charge in [0.2, 0.25) is 0 Å². The van der Waals surface area contributed by atoms with E-state index in [2.05, 4.69) is 19.2 Å². The summed E-state index contributed by atoms with van der Waals surface area (Å²) in [6.45, 7) is 6.02. The van der Waals surface area contributed by atoms with Crippen LogP contribution in [-0.2, 0) is 13.6 Å². The first-order valence-electron chi connectivity index (χ1n) is 9.86. The van der Waals surface area contributed by atoms with Gasteiger partial charge in [0.25, 0.3) is 0 Å². The fourth-order valence-corrected chi connectivity index (χ4v) is 3.22. The number of likely N-dealkylation sites (N-methyl/N-ethyl adjacent to an activating group) is 1. The Morgan fingerprint density at radius 2 is 1.60 bits per heavy atom. The van der Waals surface area contributed by atoms with Crippen molar-refractivity contribution in [3.05, 3.63) is 0 Å². The predicted molar refractivity (Wildman–Crippen MR) is 105 cm³/mol. The molecule has 0 aromatic carbocycles. The van der Waals surface area contributed by atoms with Gasteiger partial charge >= 0.3 is 7.82 Å². The molecule has 25 heavy (non-hydrogen) atoms. The summed E-state index contributed by atoms with van der Waals surface area (Å²) in [6.07, 6.45) is 10.0. The smallest absolute Gasteiger partial charge is 0.329 e. The van der Waals surface area contributed by atoms with Crippen molar-refractivity contribution in [3.63, 3.8) is 0 Å². The molecular formula is C18H42N2O4P+. The van der Waals surface area contributed by atoms with Crippen LogP contribution < -0.4 is 5.32 Å². The molecule has 0 amide bonds. The minimum atomic E-state index is -3.93. The van der Waals surface area contributed by atoms with Gasteiger partial charge < -0.3 is 14.7 Å². The van der Waals surface area contributed by atoms with E-state index in [9.17, 15) is 9.46 Å². The van der Waals surface area contributed by atoms with Crippen LogP contribution in [0.25, 0.3) is 0 Å². The van der Waals surface area contributed by atoms with E-state index in [1.165, 1.54) is 38.5 Å². The Hall–Kier alpha value is 0.0300. The third-order valence-electron chi connectivity index (χ3n) is 4.20. The van der Waals surface area contributed by atoms with Gasteiger partial charge in [0.15, 0.2) is 0 Å². The molecule has 152 valence electrons. The predicted octanol–water partition coefficient (Wildman–Crippen LogP) is 3.95. The van der Waals surface area contributed by atoms with Gasteiger partial charge in [-0.25, -0.2) is 4.57 Å². The number of phosphoric ester groups is 1. The lowest BCUT2D eigenvalue weighted by Gasteiger charge is -2.24. The molecule has 0 rings (SSSR count). The molecule has 0 heterocycles. The van der Waals surface area contributed by atoms with E-state index in [0.29, 0.717) is 23.6 Å². The number of unbranched alkanes of at least 4 members (excludes halogenated alkanes) is 5. The first kappa shape index (κ1) is 25.0. The summed E-state index contributed by atoms with van der Waals surface area (Å²) in [7, 11) is 2.08. The third kappa shape index (κ3) is 17.2. The Morgan fingerprint density at radius 1 is 1.00 bits per heavy atom. The molecule has 6 nitrogen and oxygen atoms in total. The molecule has 0 fully saturated rings. The quantitative estimate of drug-likeness (QED) is 0.227. The minimum Gasteiger partial charge on any atom is -0.329 e. The fourth-order valence-electron chi connectivity index (χ4n) is 2.51. The average Bonchev–Trinajstić information content (AvgIpc) is 2.51. The van der Waals surface area contributed by atoms with Crippen LogP contribution in [0.4, 0.5) is 0 Å². The number of rotatable bonds is 17. The van der Waals surface area contributed by atoms with Gasteiger partial charge in [-0.05, 0) is 12.8 Å². The monoisotopic (exact) mass is 381 g/mol.